The second-order valence-corrected chi connectivity index (χ2v) is 11.4. The summed E-state index contributed by atoms with van der Waals surface area (Å²) >= 11 is 0. The number of ether oxygens (including phenoxy) is 4. The molecular formula is C35H53N3O6. The summed E-state index contributed by atoms with van der Waals surface area (Å²) < 4.78 is 22.6. The number of carbonyl (C=O) groups is 2. The Balaban J connectivity index is 1.60. The van der Waals surface area contributed by atoms with Crippen LogP contribution in [0.1, 0.15) is 101 Å². The van der Waals surface area contributed by atoms with E-state index < -0.39 is 6.09 Å². The van der Waals surface area contributed by atoms with Crippen LogP contribution >= 0.6 is 0 Å². The maximum Gasteiger partial charge on any atom is 0.407 e. The molecule has 0 bridgehead atoms. The fraction of sp³-hybridized carbons (Fsp3) is 0.571. The van der Waals surface area contributed by atoms with Crippen LogP contribution in [0, 0.1) is 5.41 Å². The highest BCUT2D eigenvalue weighted by Crippen LogP contribution is 2.29. The molecule has 0 spiro atoms. The van der Waals surface area contributed by atoms with Gasteiger partial charge in [-0.3, -0.25) is 4.79 Å². The zero-order valence-electron chi connectivity index (χ0n) is 27.4. The fourth-order valence-corrected chi connectivity index (χ4v) is 4.86. The number of carbonyl (C=O) groups excluding carboxylic acids is 2. The quantitative estimate of drug-likeness (QED) is 0.104. The first-order valence-electron chi connectivity index (χ1n) is 16.0. The molecule has 9 nitrogen and oxygen atoms in total. The number of amides is 2. The third-order valence-corrected chi connectivity index (χ3v) is 7.16. The van der Waals surface area contributed by atoms with Gasteiger partial charge in [-0.05, 0) is 108 Å². The van der Waals surface area contributed by atoms with E-state index in [2.05, 4.69) is 5.32 Å². The summed E-state index contributed by atoms with van der Waals surface area (Å²) in [5.41, 5.74) is 1.56. The van der Waals surface area contributed by atoms with Crippen LogP contribution in [0.4, 0.5) is 4.79 Å². The van der Waals surface area contributed by atoms with Crippen LogP contribution in [0.3, 0.4) is 0 Å². The largest absolute Gasteiger partial charge is 0.494 e. The molecule has 0 aliphatic heterocycles. The topological polar surface area (TPSA) is 110 Å². The Kier molecular flexibility index (Phi) is 17.4. The highest BCUT2D eigenvalue weighted by molar-refractivity contribution is 5.95. The molecule has 2 N–H and O–H groups in total. The van der Waals surface area contributed by atoms with Crippen LogP contribution in [0.2, 0.25) is 0 Å². The molecule has 0 radical (unpaired) electrons. The summed E-state index contributed by atoms with van der Waals surface area (Å²) in [6.07, 6.45) is 9.78. The second kappa shape index (κ2) is 21.0. The van der Waals surface area contributed by atoms with Gasteiger partial charge >= 0.3 is 6.09 Å². The molecule has 0 aliphatic rings. The molecule has 0 heterocycles. The van der Waals surface area contributed by atoms with Crippen LogP contribution in [0.25, 0.3) is 0 Å². The number of methoxy groups -OCH3 is 1. The molecule has 2 rings (SSSR count). The first kappa shape index (κ1) is 36.4. The summed E-state index contributed by atoms with van der Waals surface area (Å²) in [5.74, 6) is 1.96. The summed E-state index contributed by atoms with van der Waals surface area (Å²) in [7, 11) is 1.58. The van der Waals surface area contributed by atoms with Crippen LogP contribution < -0.4 is 19.5 Å². The van der Waals surface area contributed by atoms with Crippen LogP contribution in [0.5, 0.6) is 17.2 Å². The van der Waals surface area contributed by atoms with Crippen molar-refractivity contribution in [2.24, 2.45) is 0 Å². The van der Waals surface area contributed by atoms with Gasteiger partial charge in [0.05, 0.1) is 26.9 Å². The minimum Gasteiger partial charge on any atom is -0.494 e. The summed E-state index contributed by atoms with van der Waals surface area (Å²) in [5, 5.41) is 9.80. The lowest BCUT2D eigenvalue weighted by Gasteiger charge is -2.31. The highest BCUT2D eigenvalue weighted by Gasteiger charge is 2.22. The Morgan fingerprint density at radius 2 is 1.41 bits per heavy atom. The van der Waals surface area contributed by atoms with E-state index in [-0.39, 0.29) is 18.0 Å². The zero-order chi connectivity index (χ0) is 32.2. The molecule has 0 fully saturated rings. The number of benzene rings is 2. The van der Waals surface area contributed by atoms with Gasteiger partial charge in [-0.1, -0.05) is 31.4 Å². The van der Waals surface area contributed by atoms with E-state index in [1.54, 1.807) is 19.2 Å². The van der Waals surface area contributed by atoms with Gasteiger partial charge in [-0.15, -0.1) is 0 Å². The van der Waals surface area contributed by atoms with Crippen LogP contribution in [-0.2, 0) is 11.3 Å². The molecule has 0 atom stereocenters. The minimum absolute atomic E-state index is 0.0179. The van der Waals surface area contributed by atoms with Crippen molar-refractivity contribution >= 4 is 18.2 Å². The molecule has 0 saturated carbocycles. The van der Waals surface area contributed by atoms with Crippen molar-refractivity contribution in [1.29, 1.82) is 5.41 Å². The summed E-state index contributed by atoms with van der Waals surface area (Å²) in [6.45, 7) is 10.0. The number of hydrogen-bond acceptors (Lipinski definition) is 7. The summed E-state index contributed by atoms with van der Waals surface area (Å²) in [4.78, 5) is 26.8. The lowest BCUT2D eigenvalue weighted by molar-refractivity contribution is 0.0643. The first-order valence-corrected chi connectivity index (χ1v) is 16.0. The molecule has 2 aromatic rings. The Hall–Kier alpha value is -3.75. The van der Waals surface area contributed by atoms with Gasteiger partial charge in [-0.25, -0.2) is 4.79 Å². The van der Waals surface area contributed by atoms with E-state index in [0.29, 0.717) is 43.4 Å². The van der Waals surface area contributed by atoms with Gasteiger partial charge in [0.2, 0.25) is 0 Å². The second-order valence-electron chi connectivity index (χ2n) is 11.4. The van der Waals surface area contributed by atoms with Crippen molar-refractivity contribution in [3.63, 3.8) is 0 Å². The predicted octanol–water partition coefficient (Wildman–Crippen LogP) is 7.80. The number of alkyl carbamates (subject to hydrolysis) is 1. The van der Waals surface area contributed by atoms with Gasteiger partial charge in [-0.2, -0.15) is 0 Å². The smallest absolute Gasteiger partial charge is 0.407 e. The molecule has 9 heteroatoms. The molecule has 2 aromatic carbocycles. The van der Waals surface area contributed by atoms with Crippen molar-refractivity contribution in [2.75, 3.05) is 26.9 Å². The minimum atomic E-state index is -0.400. The molecule has 2 amide bonds. The maximum absolute atomic E-state index is 13.0. The van der Waals surface area contributed by atoms with Crippen molar-refractivity contribution < 1.29 is 28.5 Å². The van der Waals surface area contributed by atoms with Gasteiger partial charge in [0, 0.05) is 24.2 Å². The zero-order valence-corrected chi connectivity index (χ0v) is 27.4. The number of nitrogens with zero attached hydrogens (tertiary/aromatic N) is 1. The third-order valence-electron chi connectivity index (χ3n) is 7.16. The molecule has 244 valence electrons. The van der Waals surface area contributed by atoms with Crippen molar-refractivity contribution in [3.8, 4) is 17.2 Å². The predicted molar refractivity (Wildman–Crippen MR) is 175 cm³/mol. The van der Waals surface area contributed by atoms with E-state index >= 15 is 0 Å². The monoisotopic (exact) mass is 611 g/mol. The van der Waals surface area contributed by atoms with Crippen molar-refractivity contribution in [3.05, 3.63) is 53.6 Å². The van der Waals surface area contributed by atoms with Gasteiger partial charge in [0.25, 0.3) is 5.91 Å². The molecular weight excluding hydrogens is 558 g/mol. The SMILES string of the molecule is COc1cc(C(=O)N(C(C)C)C(C)C)ccc1OCCCCCOc1ccc(CNC(=O)OCCCCCCCC=N)cc1. The Bertz CT molecular complexity index is 1110. The number of unbranched alkanes of at least 4 members (excludes halogenated alkanes) is 7. The Morgan fingerprint density at radius 3 is 2.07 bits per heavy atom. The molecule has 44 heavy (non-hydrogen) atoms. The van der Waals surface area contributed by atoms with Crippen molar-refractivity contribution in [1.82, 2.24) is 10.2 Å². The van der Waals surface area contributed by atoms with Gasteiger partial charge in [0.1, 0.15) is 5.75 Å². The maximum atomic E-state index is 13.0. The van der Waals surface area contributed by atoms with E-state index in [0.717, 1.165) is 69.1 Å². The van der Waals surface area contributed by atoms with E-state index in [1.165, 1.54) is 6.21 Å². The lowest BCUT2D eigenvalue weighted by Crippen LogP contribution is -2.42. The average Bonchev–Trinajstić information content (AvgIpc) is 3.01. The average molecular weight is 612 g/mol. The van der Waals surface area contributed by atoms with Crippen LogP contribution in [-0.4, -0.2) is 62.1 Å². The van der Waals surface area contributed by atoms with E-state index in [4.69, 9.17) is 24.4 Å². The van der Waals surface area contributed by atoms with E-state index in [9.17, 15) is 9.59 Å². The molecule has 0 saturated heterocycles. The van der Waals surface area contributed by atoms with E-state index in [1.807, 2.05) is 62.9 Å². The van der Waals surface area contributed by atoms with Crippen LogP contribution in [0.15, 0.2) is 42.5 Å². The van der Waals surface area contributed by atoms with Gasteiger partial charge in [0.15, 0.2) is 11.5 Å². The number of rotatable bonds is 22. The third kappa shape index (κ3) is 13.7. The number of hydrogen-bond donors (Lipinski definition) is 2. The Labute approximate surface area is 264 Å². The Morgan fingerprint density at radius 1 is 0.795 bits per heavy atom. The first-order chi connectivity index (χ1) is 21.3. The molecule has 0 aromatic heterocycles. The standard InChI is InChI=1S/C35H53N3O6/c1-27(2)38(28(3)4)34(39)30-17-20-32(33(25-30)41-5)43-23-14-10-13-22-42-31-18-15-29(16-19-31)26-37-35(40)44-24-12-9-7-6-8-11-21-36/h15-21,25,27-28,36H,6-14,22-24,26H2,1-5H3,(H,37,40). The van der Waals surface area contributed by atoms with Gasteiger partial charge < -0.3 is 34.6 Å². The molecule has 0 unspecified atom stereocenters. The lowest BCUT2D eigenvalue weighted by atomic mass is 10.1. The normalized spacial score (nSPS) is 10.9. The van der Waals surface area contributed by atoms with Crippen molar-refractivity contribution in [2.45, 2.75) is 104 Å². The number of nitrogens with one attached hydrogen (secondary N) is 2. The summed E-state index contributed by atoms with van der Waals surface area (Å²) in [6, 6.07) is 13.3. The fourth-order valence-electron chi connectivity index (χ4n) is 4.86. The highest BCUT2D eigenvalue weighted by atomic mass is 16.5. The molecule has 0 aliphatic carbocycles.